The lowest BCUT2D eigenvalue weighted by Crippen LogP contribution is -2.18. The molecule has 0 bridgehead atoms. The smallest absolute Gasteiger partial charge is 0.244 e. The molecule has 3 rings (SSSR count). The van der Waals surface area contributed by atoms with Crippen molar-refractivity contribution in [1.29, 1.82) is 0 Å². The molecule has 0 spiro atoms. The molecule has 0 aliphatic heterocycles. The summed E-state index contributed by atoms with van der Waals surface area (Å²) >= 11 is 0. The van der Waals surface area contributed by atoms with Gasteiger partial charge in [0.1, 0.15) is 12.3 Å². The van der Waals surface area contributed by atoms with Crippen molar-refractivity contribution in [3.63, 3.8) is 0 Å². The molecular formula is C18H18N2O2. The minimum Gasteiger partial charge on any atom is -0.497 e. The summed E-state index contributed by atoms with van der Waals surface area (Å²) in [4.78, 5) is 12.2. The normalized spacial score (nSPS) is 10.6. The number of methoxy groups -OCH3 is 1. The van der Waals surface area contributed by atoms with Gasteiger partial charge in [-0.15, -0.1) is 0 Å². The van der Waals surface area contributed by atoms with Crippen LogP contribution in [0.5, 0.6) is 5.75 Å². The number of aryl methyl sites for hydroxylation is 1. The van der Waals surface area contributed by atoms with Crippen LogP contribution in [-0.2, 0) is 11.3 Å². The fraction of sp³-hybridized carbons (Fsp3) is 0.167. The summed E-state index contributed by atoms with van der Waals surface area (Å²) in [5, 5.41) is 4.01. The molecule has 3 aromatic rings. The van der Waals surface area contributed by atoms with Gasteiger partial charge in [-0.2, -0.15) is 0 Å². The van der Waals surface area contributed by atoms with Gasteiger partial charge in [0.2, 0.25) is 5.91 Å². The van der Waals surface area contributed by atoms with Crippen LogP contribution < -0.4 is 10.1 Å². The topological polar surface area (TPSA) is 43.3 Å². The molecule has 4 nitrogen and oxygen atoms in total. The molecule has 0 atom stereocenters. The third-order valence-corrected chi connectivity index (χ3v) is 3.71. The van der Waals surface area contributed by atoms with Crippen molar-refractivity contribution in [2.75, 3.05) is 12.4 Å². The Kier molecular flexibility index (Phi) is 3.83. The first kappa shape index (κ1) is 14.2. The van der Waals surface area contributed by atoms with Gasteiger partial charge in [-0.1, -0.05) is 18.2 Å². The van der Waals surface area contributed by atoms with E-state index in [0.29, 0.717) is 0 Å². The van der Waals surface area contributed by atoms with Crippen LogP contribution >= 0.6 is 0 Å². The standard InChI is InChI=1S/C18H18N2O2/c1-13-5-3-4-6-16(13)19-18(21)12-20-10-9-14-11-15(22-2)7-8-17(14)20/h3-11H,12H2,1-2H3,(H,19,21). The quantitative estimate of drug-likeness (QED) is 0.799. The van der Waals surface area contributed by atoms with Crippen LogP contribution in [0.2, 0.25) is 0 Å². The number of rotatable bonds is 4. The summed E-state index contributed by atoms with van der Waals surface area (Å²) in [5.41, 5.74) is 2.92. The number of nitrogens with zero attached hydrogens (tertiary/aromatic N) is 1. The highest BCUT2D eigenvalue weighted by molar-refractivity contribution is 5.92. The number of carbonyl (C=O) groups excluding carboxylic acids is 1. The van der Waals surface area contributed by atoms with E-state index >= 15 is 0 Å². The molecule has 0 saturated carbocycles. The molecule has 1 aromatic heterocycles. The van der Waals surface area contributed by atoms with Gasteiger partial charge in [0.25, 0.3) is 0 Å². The molecule has 0 fully saturated rings. The van der Waals surface area contributed by atoms with Crippen LogP contribution in [-0.4, -0.2) is 17.6 Å². The zero-order valence-corrected chi connectivity index (χ0v) is 12.7. The van der Waals surface area contributed by atoms with Crippen molar-refractivity contribution in [3.8, 4) is 5.75 Å². The Bertz CT molecular complexity index is 821. The average molecular weight is 294 g/mol. The van der Waals surface area contributed by atoms with Crippen molar-refractivity contribution in [1.82, 2.24) is 4.57 Å². The highest BCUT2D eigenvalue weighted by Gasteiger charge is 2.08. The van der Waals surface area contributed by atoms with E-state index in [-0.39, 0.29) is 12.5 Å². The fourth-order valence-electron chi connectivity index (χ4n) is 2.50. The summed E-state index contributed by atoms with van der Waals surface area (Å²) in [6.45, 7) is 2.26. The van der Waals surface area contributed by atoms with Crippen LogP contribution in [0.3, 0.4) is 0 Å². The zero-order chi connectivity index (χ0) is 15.5. The van der Waals surface area contributed by atoms with E-state index in [0.717, 1.165) is 27.9 Å². The van der Waals surface area contributed by atoms with E-state index in [2.05, 4.69) is 5.32 Å². The Labute approximate surface area is 129 Å². The Morgan fingerprint density at radius 1 is 1.18 bits per heavy atom. The van der Waals surface area contributed by atoms with E-state index < -0.39 is 0 Å². The minimum absolute atomic E-state index is 0.0392. The molecule has 0 saturated heterocycles. The summed E-state index contributed by atoms with van der Waals surface area (Å²) in [7, 11) is 1.65. The number of benzene rings is 2. The van der Waals surface area contributed by atoms with E-state index in [1.165, 1.54) is 0 Å². The first-order chi connectivity index (χ1) is 10.7. The number of anilines is 1. The second-order valence-corrected chi connectivity index (χ2v) is 5.23. The van der Waals surface area contributed by atoms with Crippen LogP contribution in [0, 0.1) is 6.92 Å². The largest absolute Gasteiger partial charge is 0.497 e. The molecule has 2 aromatic carbocycles. The number of ether oxygens (including phenoxy) is 1. The van der Waals surface area contributed by atoms with Crippen LogP contribution in [0.1, 0.15) is 5.56 Å². The minimum atomic E-state index is -0.0392. The van der Waals surface area contributed by atoms with Crippen LogP contribution in [0.15, 0.2) is 54.7 Å². The lowest BCUT2D eigenvalue weighted by atomic mass is 10.2. The molecule has 0 aliphatic carbocycles. The number of fused-ring (bicyclic) bond motifs is 1. The van der Waals surface area contributed by atoms with Crippen molar-refractivity contribution in [2.24, 2.45) is 0 Å². The number of para-hydroxylation sites is 1. The van der Waals surface area contributed by atoms with Crippen molar-refractivity contribution in [3.05, 3.63) is 60.3 Å². The number of nitrogens with one attached hydrogen (secondary N) is 1. The van der Waals surface area contributed by atoms with Crippen molar-refractivity contribution in [2.45, 2.75) is 13.5 Å². The first-order valence-electron chi connectivity index (χ1n) is 7.16. The first-order valence-corrected chi connectivity index (χ1v) is 7.16. The van der Waals surface area contributed by atoms with E-state index in [1.807, 2.05) is 66.2 Å². The Hall–Kier alpha value is -2.75. The summed E-state index contributed by atoms with van der Waals surface area (Å²) in [5.74, 6) is 0.775. The number of hydrogen-bond acceptors (Lipinski definition) is 2. The summed E-state index contributed by atoms with van der Waals surface area (Å²) < 4.78 is 7.15. The molecule has 0 unspecified atom stereocenters. The number of carbonyl (C=O) groups is 1. The molecular weight excluding hydrogens is 276 g/mol. The van der Waals surface area contributed by atoms with E-state index in [9.17, 15) is 4.79 Å². The van der Waals surface area contributed by atoms with Gasteiger partial charge >= 0.3 is 0 Å². The number of hydrogen-bond donors (Lipinski definition) is 1. The Morgan fingerprint density at radius 2 is 2.00 bits per heavy atom. The maximum atomic E-state index is 12.2. The molecule has 112 valence electrons. The van der Waals surface area contributed by atoms with Gasteiger partial charge in [0, 0.05) is 22.8 Å². The molecule has 1 heterocycles. The van der Waals surface area contributed by atoms with Gasteiger partial charge in [-0.05, 0) is 42.8 Å². The summed E-state index contributed by atoms with van der Waals surface area (Å²) in [6.07, 6.45) is 1.92. The Morgan fingerprint density at radius 3 is 2.77 bits per heavy atom. The molecule has 0 radical (unpaired) electrons. The van der Waals surface area contributed by atoms with Crippen LogP contribution in [0.25, 0.3) is 10.9 Å². The van der Waals surface area contributed by atoms with Gasteiger partial charge in [0.15, 0.2) is 0 Å². The number of amides is 1. The van der Waals surface area contributed by atoms with Gasteiger partial charge in [0.05, 0.1) is 7.11 Å². The lowest BCUT2D eigenvalue weighted by molar-refractivity contribution is -0.116. The molecule has 0 aliphatic rings. The van der Waals surface area contributed by atoms with Crippen molar-refractivity contribution >= 4 is 22.5 Å². The number of aromatic nitrogens is 1. The monoisotopic (exact) mass is 294 g/mol. The van der Waals surface area contributed by atoms with E-state index in [4.69, 9.17) is 4.74 Å². The second-order valence-electron chi connectivity index (χ2n) is 5.23. The second kappa shape index (κ2) is 5.93. The third kappa shape index (κ3) is 2.81. The SMILES string of the molecule is COc1ccc2c(ccn2CC(=O)Nc2ccccc2C)c1. The molecule has 1 N–H and O–H groups in total. The summed E-state index contributed by atoms with van der Waals surface area (Å²) in [6, 6.07) is 15.6. The highest BCUT2D eigenvalue weighted by atomic mass is 16.5. The van der Waals surface area contributed by atoms with Gasteiger partial charge in [-0.3, -0.25) is 4.79 Å². The van der Waals surface area contributed by atoms with Crippen molar-refractivity contribution < 1.29 is 9.53 Å². The highest BCUT2D eigenvalue weighted by Crippen LogP contribution is 2.22. The predicted molar refractivity (Wildman–Crippen MR) is 88.3 cm³/mol. The third-order valence-electron chi connectivity index (χ3n) is 3.71. The fourth-order valence-corrected chi connectivity index (χ4v) is 2.50. The average Bonchev–Trinajstić information content (AvgIpc) is 2.91. The van der Waals surface area contributed by atoms with E-state index in [1.54, 1.807) is 7.11 Å². The molecule has 1 amide bonds. The maximum Gasteiger partial charge on any atom is 0.244 e. The Balaban J connectivity index is 1.78. The predicted octanol–water partition coefficient (Wildman–Crippen LogP) is 3.60. The van der Waals surface area contributed by atoms with Crippen LogP contribution in [0.4, 0.5) is 5.69 Å². The van der Waals surface area contributed by atoms with Gasteiger partial charge < -0.3 is 14.6 Å². The lowest BCUT2D eigenvalue weighted by Gasteiger charge is -2.09. The maximum absolute atomic E-state index is 12.2. The molecule has 22 heavy (non-hydrogen) atoms. The van der Waals surface area contributed by atoms with Gasteiger partial charge in [-0.25, -0.2) is 0 Å². The molecule has 4 heteroatoms. The zero-order valence-electron chi connectivity index (χ0n) is 12.7.